The van der Waals surface area contributed by atoms with Gasteiger partial charge < -0.3 is 16.0 Å². The lowest BCUT2D eigenvalue weighted by Crippen LogP contribution is -2.32. The van der Waals surface area contributed by atoms with Gasteiger partial charge in [0.2, 0.25) is 0 Å². The van der Waals surface area contributed by atoms with Crippen LogP contribution in [-0.4, -0.2) is 35.8 Å². The van der Waals surface area contributed by atoms with E-state index in [2.05, 4.69) is 5.32 Å². The molecule has 0 bridgehead atoms. The van der Waals surface area contributed by atoms with Gasteiger partial charge in [-0.25, -0.2) is 4.39 Å². The number of anilines is 1. The van der Waals surface area contributed by atoms with Crippen molar-refractivity contribution in [2.75, 3.05) is 18.4 Å². The monoisotopic (exact) mass is 341 g/mol. The maximum Gasteiger partial charge on any atom is 0.258 e. The van der Waals surface area contributed by atoms with Gasteiger partial charge in [0.1, 0.15) is 5.82 Å². The molecule has 130 valence electrons. The average Bonchev–Trinajstić information content (AvgIpc) is 3.03. The van der Waals surface area contributed by atoms with Crippen LogP contribution in [0.25, 0.3) is 0 Å². The third-order valence-corrected chi connectivity index (χ3v) is 4.37. The predicted octanol–water partition coefficient (Wildman–Crippen LogP) is 2.56. The van der Waals surface area contributed by atoms with E-state index in [0.717, 1.165) is 12.0 Å². The van der Waals surface area contributed by atoms with Gasteiger partial charge in [0.25, 0.3) is 11.8 Å². The number of rotatable bonds is 3. The second kappa shape index (κ2) is 7.03. The van der Waals surface area contributed by atoms with Crippen LogP contribution in [0.2, 0.25) is 0 Å². The summed E-state index contributed by atoms with van der Waals surface area (Å²) in [6.45, 7) is 2.88. The maximum absolute atomic E-state index is 13.8. The zero-order valence-corrected chi connectivity index (χ0v) is 14.0. The van der Waals surface area contributed by atoms with Gasteiger partial charge in [-0.05, 0) is 37.1 Å². The molecule has 0 spiro atoms. The van der Waals surface area contributed by atoms with Crippen molar-refractivity contribution in [2.24, 2.45) is 5.73 Å². The molecule has 2 amide bonds. The van der Waals surface area contributed by atoms with E-state index in [1.54, 1.807) is 36.1 Å². The van der Waals surface area contributed by atoms with Crippen molar-refractivity contribution in [2.45, 2.75) is 19.4 Å². The Morgan fingerprint density at radius 3 is 2.56 bits per heavy atom. The fourth-order valence-electron chi connectivity index (χ4n) is 2.98. The van der Waals surface area contributed by atoms with Crippen LogP contribution in [-0.2, 0) is 0 Å². The maximum atomic E-state index is 13.8. The first kappa shape index (κ1) is 17.1. The van der Waals surface area contributed by atoms with Crippen molar-refractivity contribution >= 4 is 17.5 Å². The average molecular weight is 341 g/mol. The van der Waals surface area contributed by atoms with E-state index in [4.69, 9.17) is 5.73 Å². The highest BCUT2D eigenvalue weighted by Crippen LogP contribution is 2.24. The zero-order valence-electron chi connectivity index (χ0n) is 14.0. The predicted molar refractivity (Wildman–Crippen MR) is 94.0 cm³/mol. The summed E-state index contributed by atoms with van der Waals surface area (Å²) in [7, 11) is 0. The number of likely N-dealkylation sites (tertiary alicyclic amines) is 1. The fourth-order valence-corrected chi connectivity index (χ4v) is 2.98. The first-order valence-corrected chi connectivity index (χ1v) is 8.17. The molecule has 1 fully saturated rings. The number of para-hydroxylation sites is 1. The van der Waals surface area contributed by atoms with Crippen LogP contribution in [0.15, 0.2) is 42.5 Å². The molecule has 3 rings (SSSR count). The summed E-state index contributed by atoms with van der Waals surface area (Å²) in [5.74, 6) is -1.37. The summed E-state index contributed by atoms with van der Waals surface area (Å²) in [6, 6.07) is 10.9. The van der Waals surface area contributed by atoms with E-state index in [9.17, 15) is 14.0 Å². The van der Waals surface area contributed by atoms with E-state index in [0.29, 0.717) is 24.3 Å². The molecule has 2 aromatic carbocycles. The number of nitrogens with two attached hydrogens (primary N) is 1. The molecule has 0 saturated carbocycles. The van der Waals surface area contributed by atoms with Gasteiger partial charge in [-0.2, -0.15) is 0 Å². The third kappa shape index (κ3) is 3.53. The molecule has 1 saturated heterocycles. The summed E-state index contributed by atoms with van der Waals surface area (Å²) < 4.78 is 13.8. The Morgan fingerprint density at radius 2 is 1.88 bits per heavy atom. The Hall–Kier alpha value is -2.73. The smallest absolute Gasteiger partial charge is 0.258 e. The molecule has 0 unspecified atom stereocenters. The summed E-state index contributed by atoms with van der Waals surface area (Å²) >= 11 is 0. The van der Waals surface area contributed by atoms with Gasteiger partial charge in [-0.3, -0.25) is 9.59 Å². The van der Waals surface area contributed by atoms with E-state index in [1.807, 2.05) is 0 Å². The lowest BCUT2D eigenvalue weighted by Gasteiger charge is -2.19. The summed E-state index contributed by atoms with van der Waals surface area (Å²) in [5.41, 5.74) is 7.34. The summed E-state index contributed by atoms with van der Waals surface area (Å²) in [4.78, 5) is 26.9. The van der Waals surface area contributed by atoms with Crippen molar-refractivity contribution in [1.82, 2.24) is 4.90 Å². The second-order valence-corrected chi connectivity index (χ2v) is 6.23. The highest BCUT2D eigenvalue weighted by Gasteiger charge is 2.27. The van der Waals surface area contributed by atoms with Crippen LogP contribution >= 0.6 is 0 Å². The lowest BCUT2D eigenvalue weighted by atomic mass is 10.1. The van der Waals surface area contributed by atoms with Crippen molar-refractivity contribution < 1.29 is 14.0 Å². The fraction of sp³-hybridized carbons (Fsp3) is 0.263. The molecule has 3 N–H and O–H groups in total. The minimum absolute atomic E-state index is 0.0229. The van der Waals surface area contributed by atoms with Crippen LogP contribution in [0, 0.1) is 12.7 Å². The topological polar surface area (TPSA) is 75.4 Å². The second-order valence-electron chi connectivity index (χ2n) is 6.23. The number of carbonyl (C=O) groups is 2. The van der Waals surface area contributed by atoms with E-state index < -0.39 is 11.7 Å². The molecule has 1 heterocycles. The summed E-state index contributed by atoms with van der Waals surface area (Å²) in [6.07, 6.45) is 0.758. The number of carbonyl (C=O) groups excluding carboxylic acids is 2. The van der Waals surface area contributed by atoms with Gasteiger partial charge >= 0.3 is 0 Å². The van der Waals surface area contributed by atoms with Gasteiger partial charge in [0.15, 0.2) is 0 Å². The number of halogens is 1. The highest BCUT2D eigenvalue weighted by atomic mass is 19.1. The molecule has 6 heteroatoms. The van der Waals surface area contributed by atoms with Crippen LogP contribution in [0.5, 0.6) is 0 Å². The normalized spacial score (nSPS) is 16.8. The Morgan fingerprint density at radius 1 is 1.16 bits per heavy atom. The van der Waals surface area contributed by atoms with Gasteiger partial charge in [-0.15, -0.1) is 0 Å². The number of amides is 2. The van der Waals surface area contributed by atoms with Crippen molar-refractivity contribution in [1.29, 1.82) is 0 Å². The molecular formula is C19H20FN3O2. The number of nitrogens with zero attached hydrogens (tertiary/aromatic N) is 1. The zero-order chi connectivity index (χ0) is 18.0. The highest BCUT2D eigenvalue weighted by molar-refractivity contribution is 6.09. The Bertz CT molecular complexity index is 822. The number of hydrogen-bond donors (Lipinski definition) is 2. The molecule has 2 aromatic rings. The molecule has 0 radical (unpaired) electrons. The first-order valence-electron chi connectivity index (χ1n) is 8.17. The van der Waals surface area contributed by atoms with E-state index in [-0.39, 0.29) is 17.5 Å². The largest absolute Gasteiger partial charge is 0.337 e. The van der Waals surface area contributed by atoms with Crippen LogP contribution < -0.4 is 11.1 Å². The molecule has 0 aliphatic carbocycles. The Kier molecular flexibility index (Phi) is 4.81. The molecular weight excluding hydrogens is 321 g/mol. The Balaban J connectivity index is 1.90. The van der Waals surface area contributed by atoms with E-state index in [1.165, 1.54) is 18.2 Å². The van der Waals surface area contributed by atoms with Crippen molar-refractivity contribution in [3.8, 4) is 0 Å². The molecule has 1 atom stereocenters. The Labute approximate surface area is 145 Å². The first-order chi connectivity index (χ1) is 12.0. The third-order valence-electron chi connectivity index (χ3n) is 4.37. The molecule has 1 aliphatic heterocycles. The lowest BCUT2D eigenvalue weighted by molar-refractivity contribution is 0.0792. The quantitative estimate of drug-likeness (QED) is 0.901. The van der Waals surface area contributed by atoms with Crippen molar-refractivity contribution in [3.05, 3.63) is 65.0 Å². The number of aryl methyl sites for hydroxylation is 1. The number of benzene rings is 2. The minimum Gasteiger partial charge on any atom is -0.337 e. The van der Waals surface area contributed by atoms with Crippen LogP contribution in [0.1, 0.15) is 32.7 Å². The molecule has 5 nitrogen and oxygen atoms in total. The number of nitrogens with one attached hydrogen (secondary N) is 1. The molecule has 1 aliphatic rings. The van der Waals surface area contributed by atoms with Gasteiger partial charge in [0.05, 0.1) is 16.8 Å². The molecule has 25 heavy (non-hydrogen) atoms. The number of hydrogen-bond acceptors (Lipinski definition) is 3. The van der Waals surface area contributed by atoms with E-state index >= 15 is 0 Å². The van der Waals surface area contributed by atoms with Gasteiger partial charge in [0, 0.05) is 19.1 Å². The molecule has 0 aromatic heterocycles. The van der Waals surface area contributed by atoms with Gasteiger partial charge in [-0.1, -0.05) is 24.3 Å². The van der Waals surface area contributed by atoms with Crippen LogP contribution in [0.4, 0.5) is 10.1 Å². The SMILES string of the molecule is Cc1cccc(C(=O)N2CC[C@@H](N)C2)c1NC(=O)c1ccccc1F. The minimum atomic E-state index is -0.605. The van der Waals surface area contributed by atoms with Crippen molar-refractivity contribution in [3.63, 3.8) is 0 Å². The summed E-state index contributed by atoms with van der Waals surface area (Å²) in [5, 5.41) is 2.69. The standard InChI is InChI=1S/C19H20FN3O2/c1-12-5-4-7-15(19(25)23-10-9-13(21)11-23)17(12)22-18(24)14-6-2-3-8-16(14)20/h2-8,13H,9-11,21H2,1H3,(H,22,24)/t13-/m1/s1. The van der Waals surface area contributed by atoms with Crippen LogP contribution in [0.3, 0.4) is 0 Å².